The van der Waals surface area contributed by atoms with Crippen LogP contribution in [0.15, 0.2) is 18.5 Å². The molecule has 0 aliphatic carbocycles. The first kappa shape index (κ1) is 11.4. The van der Waals surface area contributed by atoms with Gasteiger partial charge in [0.2, 0.25) is 0 Å². The topological polar surface area (TPSA) is 79.9 Å². The third-order valence-electron chi connectivity index (χ3n) is 1.95. The van der Waals surface area contributed by atoms with Crippen LogP contribution in [0.3, 0.4) is 0 Å². The number of ether oxygens (including phenoxy) is 1. The fourth-order valence-electron chi connectivity index (χ4n) is 1.32. The van der Waals surface area contributed by atoms with Crippen molar-refractivity contribution in [3.05, 3.63) is 18.5 Å². The number of fused-ring (bicyclic) bond motifs is 1. The fraction of sp³-hybridized carbons (Fsp3) is 0.364. The maximum Gasteiger partial charge on any atom is 0.413 e. The molecule has 1 amide bonds. The number of aromatic amines is 1. The Labute approximate surface area is 98.4 Å². The van der Waals surface area contributed by atoms with Crippen molar-refractivity contribution in [3.63, 3.8) is 0 Å². The molecule has 0 atom stereocenters. The Bertz CT molecular complexity index is 542. The zero-order chi connectivity index (χ0) is 12.5. The van der Waals surface area contributed by atoms with Gasteiger partial charge in [-0.15, -0.1) is 0 Å². The summed E-state index contributed by atoms with van der Waals surface area (Å²) in [6, 6.07) is 1.72. The highest BCUT2D eigenvalue weighted by atomic mass is 16.6. The summed E-state index contributed by atoms with van der Waals surface area (Å²) in [6.45, 7) is 5.41. The minimum Gasteiger partial charge on any atom is -0.444 e. The van der Waals surface area contributed by atoms with Crippen molar-refractivity contribution in [2.75, 3.05) is 5.32 Å². The first-order valence-corrected chi connectivity index (χ1v) is 5.23. The normalized spacial score (nSPS) is 11.5. The Balaban J connectivity index is 2.10. The predicted molar refractivity (Wildman–Crippen MR) is 63.7 cm³/mol. The van der Waals surface area contributed by atoms with Crippen molar-refractivity contribution in [1.82, 2.24) is 15.2 Å². The van der Waals surface area contributed by atoms with Gasteiger partial charge in [0.15, 0.2) is 0 Å². The zero-order valence-electron chi connectivity index (χ0n) is 9.94. The lowest BCUT2D eigenvalue weighted by molar-refractivity contribution is 0.0635. The second kappa shape index (κ2) is 4.04. The van der Waals surface area contributed by atoms with Crippen molar-refractivity contribution < 1.29 is 9.53 Å². The van der Waals surface area contributed by atoms with Crippen LogP contribution in [0.4, 0.5) is 10.6 Å². The van der Waals surface area contributed by atoms with E-state index < -0.39 is 11.7 Å². The van der Waals surface area contributed by atoms with Crippen molar-refractivity contribution in [2.24, 2.45) is 0 Å². The summed E-state index contributed by atoms with van der Waals surface area (Å²) < 4.78 is 5.12. The Kier molecular flexibility index (Phi) is 2.71. The Morgan fingerprint density at radius 2 is 2.18 bits per heavy atom. The van der Waals surface area contributed by atoms with Gasteiger partial charge in [0.05, 0.1) is 17.9 Å². The summed E-state index contributed by atoms with van der Waals surface area (Å²) in [4.78, 5) is 15.6. The SMILES string of the molecule is CC(C)(C)OC(=O)Nc1cc2cn[nH]c2cn1. The van der Waals surface area contributed by atoms with Gasteiger partial charge in [-0.05, 0) is 26.8 Å². The maximum absolute atomic E-state index is 11.5. The molecule has 0 bridgehead atoms. The molecule has 2 heterocycles. The van der Waals surface area contributed by atoms with Gasteiger partial charge in [0, 0.05) is 5.39 Å². The highest BCUT2D eigenvalue weighted by molar-refractivity contribution is 5.87. The molecule has 0 spiro atoms. The molecule has 2 N–H and O–H groups in total. The average Bonchev–Trinajstić information content (AvgIpc) is 2.61. The van der Waals surface area contributed by atoms with Gasteiger partial charge in [0.1, 0.15) is 11.4 Å². The van der Waals surface area contributed by atoms with Crippen LogP contribution < -0.4 is 5.32 Å². The van der Waals surface area contributed by atoms with Crippen LogP contribution in [0.5, 0.6) is 0 Å². The van der Waals surface area contributed by atoms with E-state index >= 15 is 0 Å². The van der Waals surface area contributed by atoms with Crippen LogP contribution in [0.25, 0.3) is 10.9 Å². The lowest BCUT2D eigenvalue weighted by Gasteiger charge is -2.19. The number of rotatable bonds is 1. The van der Waals surface area contributed by atoms with E-state index in [2.05, 4.69) is 20.5 Å². The molecule has 2 aromatic rings. The third kappa shape index (κ3) is 2.93. The second-order valence-corrected chi connectivity index (χ2v) is 4.65. The molecule has 2 rings (SSSR count). The molecule has 0 saturated heterocycles. The van der Waals surface area contributed by atoms with E-state index in [1.807, 2.05) is 0 Å². The van der Waals surface area contributed by atoms with Gasteiger partial charge in [-0.2, -0.15) is 5.10 Å². The van der Waals surface area contributed by atoms with Crippen LogP contribution in [0, 0.1) is 0 Å². The van der Waals surface area contributed by atoms with Crippen LogP contribution in [0.2, 0.25) is 0 Å². The van der Waals surface area contributed by atoms with Crippen molar-refractivity contribution in [3.8, 4) is 0 Å². The molecule has 6 heteroatoms. The minimum absolute atomic E-state index is 0.438. The molecule has 0 aliphatic heterocycles. The van der Waals surface area contributed by atoms with E-state index in [0.717, 1.165) is 10.9 Å². The predicted octanol–water partition coefficient (Wildman–Crippen LogP) is 2.30. The lowest BCUT2D eigenvalue weighted by Crippen LogP contribution is -2.27. The van der Waals surface area contributed by atoms with Gasteiger partial charge < -0.3 is 4.74 Å². The molecule has 0 aromatic carbocycles. The monoisotopic (exact) mass is 234 g/mol. The third-order valence-corrected chi connectivity index (χ3v) is 1.95. The number of amides is 1. The second-order valence-electron chi connectivity index (χ2n) is 4.65. The van der Waals surface area contributed by atoms with E-state index in [1.165, 1.54) is 0 Å². The van der Waals surface area contributed by atoms with Gasteiger partial charge in [-0.3, -0.25) is 10.4 Å². The molecular weight excluding hydrogens is 220 g/mol. The first-order valence-electron chi connectivity index (χ1n) is 5.23. The summed E-state index contributed by atoms with van der Waals surface area (Å²) in [5.74, 6) is 0.438. The highest BCUT2D eigenvalue weighted by Gasteiger charge is 2.16. The molecule has 6 nitrogen and oxygen atoms in total. The quantitative estimate of drug-likeness (QED) is 0.793. The molecule has 0 fully saturated rings. The summed E-state index contributed by atoms with van der Waals surface area (Å²) in [7, 11) is 0. The van der Waals surface area contributed by atoms with Crippen LogP contribution in [-0.2, 0) is 4.74 Å². The van der Waals surface area contributed by atoms with Crippen molar-refractivity contribution in [2.45, 2.75) is 26.4 Å². The fourth-order valence-corrected chi connectivity index (χ4v) is 1.32. The van der Waals surface area contributed by atoms with Crippen molar-refractivity contribution >= 4 is 22.8 Å². The Morgan fingerprint density at radius 1 is 1.41 bits per heavy atom. The summed E-state index contributed by atoms with van der Waals surface area (Å²) in [5, 5.41) is 10.1. The van der Waals surface area contributed by atoms with Gasteiger partial charge in [-0.25, -0.2) is 9.78 Å². The van der Waals surface area contributed by atoms with Gasteiger partial charge in [-0.1, -0.05) is 0 Å². The number of nitrogens with zero attached hydrogens (tertiary/aromatic N) is 2. The standard InChI is InChI=1S/C11H14N4O2/c1-11(2,3)17-10(16)14-9-4-7-5-13-15-8(7)6-12-9/h4-6H,1-3H3,(H,13,15)(H,12,14,16). The van der Waals surface area contributed by atoms with Gasteiger partial charge >= 0.3 is 6.09 Å². The maximum atomic E-state index is 11.5. The Morgan fingerprint density at radius 3 is 2.88 bits per heavy atom. The molecule has 2 aromatic heterocycles. The number of aromatic nitrogens is 3. The van der Waals surface area contributed by atoms with Crippen LogP contribution in [0.1, 0.15) is 20.8 Å². The first-order chi connectivity index (χ1) is 7.94. The van der Waals surface area contributed by atoms with Crippen LogP contribution in [-0.4, -0.2) is 26.9 Å². The largest absolute Gasteiger partial charge is 0.444 e. The molecule has 0 unspecified atom stereocenters. The number of nitrogens with one attached hydrogen (secondary N) is 2. The Hall–Kier alpha value is -2.11. The summed E-state index contributed by atoms with van der Waals surface area (Å²) in [5.41, 5.74) is 0.295. The van der Waals surface area contributed by atoms with Crippen molar-refractivity contribution in [1.29, 1.82) is 0 Å². The number of anilines is 1. The molecular formula is C11H14N4O2. The number of hydrogen-bond acceptors (Lipinski definition) is 4. The molecule has 0 radical (unpaired) electrons. The number of H-pyrrole nitrogens is 1. The van der Waals surface area contributed by atoms with E-state index in [1.54, 1.807) is 39.2 Å². The van der Waals surface area contributed by atoms with E-state index in [0.29, 0.717) is 5.82 Å². The zero-order valence-corrected chi connectivity index (χ0v) is 9.94. The molecule has 0 saturated carbocycles. The van der Waals surface area contributed by atoms with E-state index in [9.17, 15) is 4.79 Å². The van der Waals surface area contributed by atoms with Gasteiger partial charge in [0.25, 0.3) is 0 Å². The smallest absolute Gasteiger partial charge is 0.413 e. The average molecular weight is 234 g/mol. The molecule has 90 valence electrons. The number of hydrogen-bond donors (Lipinski definition) is 2. The number of carbonyl (C=O) groups is 1. The molecule has 0 aliphatic rings. The summed E-state index contributed by atoms with van der Waals surface area (Å²) >= 11 is 0. The molecule has 17 heavy (non-hydrogen) atoms. The van der Waals surface area contributed by atoms with E-state index in [4.69, 9.17) is 4.74 Å². The number of carbonyl (C=O) groups excluding carboxylic acids is 1. The minimum atomic E-state index is -0.524. The van der Waals surface area contributed by atoms with E-state index in [-0.39, 0.29) is 0 Å². The lowest BCUT2D eigenvalue weighted by atomic mass is 10.2. The van der Waals surface area contributed by atoms with Crippen LogP contribution >= 0.6 is 0 Å². The summed E-state index contributed by atoms with van der Waals surface area (Å²) in [6.07, 6.45) is 2.75. The highest BCUT2D eigenvalue weighted by Crippen LogP contribution is 2.14. The number of pyridine rings is 1.